The van der Waals surface area contributed by atoms with Gasteiger partial charge in [0.15, 0.2) is 0 Å². The molecular formula is C13H19NO4. The quantitative estimate of drug-likeness (QED) is 0.456. The molecule has 0 heterocycles. The van der Waals surface area contributed by atoms with Crippen LogP contribution in [0.25, 0.3) is 0 Å². The van der Waals surface area contributed by atoms with Gasteiger partial charge in [0.2, 0.25) is 0 Å². The van der Waals surface area contributed by atoms with Gasteiger partial charge < -0.3 is 19.9 Å². The Hall–Kier alpha value is -1.75. The fourth-order valence-electron chi connectivity index (χ4n) is 1.44. The van der Waals surface area contributed by atoms with E-state index in [9.17, 15) is 4.79 Å². The average Bonchev–Trinajstić information content (AvgIpc) is 2.36. The van der Waals surface area contributed by atoms with Gasteiger partial charge in [-0.3, -0.25) is 0 Å². The molecule has 100 valence electrons. The number of nitrogens with two attached hydrogens (primary N) is 1. The van der Waals surface area contributed by atoms with Gasteiger partial charge in [-0.1, -0.05) is 6.07 Å². The van der Waals surface area contributed by atoms with E-state index in [4.69, 9.17) is 19.9 Å². The van der Waals surface area contributed by atoms with Crippen LogP contribution in [-0.2, 0) is 9.47 Å². The fraction of sp³-hybridized carbons (Fsp3) is 0.462. The smallest absolute Gasteiger partial charge is 0.340 e. The van der Waals surface area contributed by atoms with Gasteiger partial charge in [-0.2, -0.15) is 0 Å². The summed E-state index contributed by atoms with van der Waals surface area (Å²) in [5, 5.41) is 0. The second kappa shape index (κ2) is 7.55. The van der Waals surface area contributed by atoms with Crippen LogP contribution in [0.5, 0.6) is 5.75 Å². The summed E-state index contributed by atoms with van der Waals surface area (Å²) in [6, 6.07) is 5.06. The summed E-state index contributed by atoms with van der Waals surface area (Å²) >= 11 is 0. The molecule has 0 fully saturated rings. The molecule has 1 aromatic carbocycles. The summed E-state index contributed by atoms with van der Waals surface area (Å²) < 4.78 is 15.3. The maximum Gasteiger partial charge on any atom is 0.340 e. The van der Waals surface area contributed by atoms with Crippen molar-refractivity contribution in [1.82, 2.24) is 0 Å². The number of benzene rings is 1. The van der Waals surface area contributed by atoms with Gasteiger partial charge in [0.05, 0.1) is 24.5 Å². The van der Waals surface area contributed by atoms with E-state index in [1.807, 2.05) is 0 Å². The van der Waals surface area contributed by atoms with Gasteiger partial charge in [-0.25, -0.2) is 4.79 Å². The first kappa shape index (κ1) is 14.3. The Morgan fingerprint density at radius 1 is 1.33 bits per heavy atom. The van der Waals surface area contributed by atoms with Crippen molar-refractivity contribution in [1.29, 1.82) is 0 Å². The lowest BCUT2D eigenvalue weighted by atomic mass is 10.1. The third-order valence-electron chi connectivity index (χ3n) is 2.31. The topological polar surface area (TPSA) is 70.8 Å². The van der Waals surface area contributed by atoms with Gasteiger partial charge in [0, 0.05) is 20.1 Å². The van der Waals surface area contributed by atoms with E-state index < -0.39 is 5.97 Å². The van der Waals surface area contributed by atoms with Crippen LogP contribution in [0, 0.1) is 0 Å². The summed E-state index contributed by atoms with van der Waals surface area (Å²) in [5.41, 5.74) is 6.52. The second-order valence-corrected chi connectivity index (χ2v) is 3.63. The van der Waals surface area contributed by atoms with E-state index in [1.54, 1.807) is 32.2 Å². The molecule has 0 bridgehead atoms. The Kier molecular flexibility index (Phi) is 6.00. The molecule has 0 aliphatic rings. The zero-order valence-electron chi connectivity index (χ0n) is 10.8. The number of rotatable bonds is 7. The maximum absolute atomic E-state index is 11.6. The van der Waals surface area contributed by atoms with Gasteiger partial charge >= 0.3 is 5.97 Å². The molecule has 0 radical (unpaired) electrons. The Bertz CT molecular complexity index is 393. The van der Waals surface area contributed by atoms with E-state index in [0.717, 1.165) is 6.42 Å². The summed E-state index contributed by atoms with van der Waals surface area (Å²) in [6.07, 6.45) is 0.763. The molecule has 0 unspecified atom stereocenters. The molecule has 0 saturated carbocycles. The van der Waals surface area contributed by atoms with Crippen molar-refractivity contribution in [3.8, 4) is 5.75 Å². The number of carbonyl (C=O) groups excluding carboxylic acids is 1. The zero-order valence-corrected chi connectivity index (χ0v) is 10.8. The molecule has 0 atom stereocenters. The number of para-hydroxylation sites is 1. The van der Waals surface area contributed by atoms with E-state index in [-0.39, 0.29) is 0 Å². The zero-order chi connectivity index (χ0) is 13.4. The summed E-state index contributed by atoms with van der Waals surface area (Å²) in [4.78, 5) is 11.6. The Morgan fingerprint density at radius 3 is 2.78 bits per heavy atom. The van der Waals surface area contributed by atoms with Crippen LogP contribution in [0.2, 0.25) is 0 Å². The number of methoxy groups -OCH3 is 1. The molecule has 1 rings (SSSR count). The first-order chi connectivity index (χ1) is 8.70. The number of hydrogen-bond donors (Lipinski definition) is 1. The van der Waals surface area contributed by atoms with E-state index in [0.29, 0.717) is 36.8 Å². The highest BCUT2D eigenvalue weighted by Crippen LogP contribution is 2.25. The SMILES string of the molecule is CCOC(=O)c1cccc(OCCCOC)c1N. The molecule has 18 heavy (non-hydrogen) atoms. The van der Waals surface area contributed by atoms with Crippen LogP contribution in [0.3, 0.4) is 0 Å². The number of anilines is 1. The van der Waals surface area contributed by atoms with Crippen LogP contribution in [0.15, 0.2) is 18.2 Å². The monoisotopic (exact) mass is 253 g/mol. The molecule has 0 aromatic heterocycles. The van der Waals surface area contributed by atoms with Gasteiger partial charge in [0.1, 0.15) is 5.75 Å². The molecular weight excluding hydrogens is 234 g/mol. The van der Waals surface area contributed by atoms with Crippen molar-refractivity contribution >= 4 is 11.7 Å². The summed E-state index contributed by atoms with van der Waals surface area (Å²) in [6.45, 7) is 3.18. The second-order valence-electron chi connectivity index (χ2n) is 3.63. The lowest BCUT2D eigenvalue weighted by Gasteiger charge is -2.11. The van der Waals surface area contributed by atoms with E-state index in [2.05, 4.69) is 0 Å². The van der Waals surface area contributed by atoms with Crippen LogP contribution < -0.4 is 10.5 Å². The van der Waals surface area contributed by atoms with Crippen molar-refractivity contribution in [3.05, 3.63) is 23.8 Å². The highest BCUT2D eigenvalue weighted by atomic mass is 16.5. The highest BCUT2D eigenvalue weighted by molar-refractivity contribution is 5.96. The fourth-order valence-corrected chi connectivity index (χ4v) is 1.44. The molecule has 2 N–H and O–H groups in total. The number of esters is 1. The van der Waals surface area contributed by atoms with Crippen molar-refractivity contribution < 1.29 is 19.0 Å². The van der Waals surface area contributed by atoms with Crippen LogP contribution in [0.1, 0.15) is 23.7 Å². The number of ether oxygens (including phenoxy) is 3. The first-order valence-electron chi connectivity index (χ1n) is 5.88. The normalized spacial score (nSPS) is 10.1. The average molecular weight is 253 g/mol. The van der Waals surface area contributed by atoms with Crippen LogP contribution in [-0.4, -0.2) is 32.9 Å². The standard InChI is InChI=1S/C13H19NO4/c1-3-17-13(15)10-6-4-7-11(12(10)14)18-9-5-8-16-2/h4,6-7H,3,5,8-9,14H2,1-2H3. The molecule has 1 aromatic rings. The molecule has 0 aliphatic carbocycles. The molecule has 0 aliphatic heterocycles. The predicted octanol–water partition coefficient (Wildman–Crippen LogP) is 1.86. The number of hydrogen-bond acceptors (Lipinski definition) is 5. The van der Waals surface area contributed by atoms with Crippen LogP contribution in [0.4, 0.5) is 5.69 Å². The third kappa shape index (κ3) is 3.92. The molecule has 5 heteroatoms. The Labute approximate surface area is 107 Å². The minimum absolute atomic E-state index is 0.313. The Balaban J connectivity index is 2.69. The van der Waals surface area contributed by atoms with E-state index >= 15 is 0 Å². The van der Waals surface area contributed by atoms with Gasteiger partial charge in [0.25, 0.3) is 0 Å². The summed E-state index contributed by atoms with van der Waals surface area (Å²) in [5.74, 6) is 0.0639. The van der Waals surface area contributed by atoms with Gasteiger partial charge in [-0.15, -0.1) is 0 Å². The maximum atomic E-state index is 11.6. The van der Waals surface area contributed by atoms with Gasteiger partial charge in [-0.05, 0) is 19.1 Å². The molecule has 5 nitrogen and oxygen atoms in total. The lowest BCUT2D eigenvalue weighted by Crippen LogP contribution is -2.10. The third-order valence-corrected chi connectivity index (χ3v) is 2.31. The number of carbonyl (C=O) groups is 1. The summed E-state index contributed by atoms with van der Waals surface area (Å²) in [7, 11) is 1.63. The van der Waals surface area contributed by atoms with Crippen molar-refractivity contribution in [2.24, 2.45) is 0 Å². The van der Waals surface area contributed by atoms with Crippen molar-refractivity contribution in [3.63, 3.8) is 0 Å². The molecule has 0 amide bonds. The largest absolute Gasteiger partial charge is 0.491 e. The first-order valence-corrected chi connectivity index (χ1v) is 5.88. The molecule has 0 saturated heterocycles. The van der Waals surface area contributed by atoms with Crippen LogP contribution >= 0.6 is 0 Å². The number of nitrogen functional groups attached to an aromatic ring is 1. The predicted molar refractivity (Wildman–Crippen MR) is 68.8 cm³/mol. The van der Waals surface area contributed by atoms with Crippen molar-refractivity contribution in [2.45, 2.75) is 13.3 Å². The van der Waals surface area contributed by atoms with Crippen molar-refractivity contribution in [2.75, 3.05) is 32.7 Å². The highest BCUT2D eigenvalue weighted by Gasteiger charge is 2.13. The minimum atomic E-state index is -0.433. The minimum Gasteiger partial charge on any atom is -0.491 e. The Morgan fingerprint density at radius 2 is 2.11 bits per heavy atom. The lowest BCUT2D eigenvalue weighted by molar-refractivity contribution is 0.0527. The van der Waals surface area contributed by atoms with E-state index in [1.165, 1.54) is 0 Å². The molecule has 0 spiro atoms.